The van der Waals surface area contributed by atoms with Crippen molar-refractivity contribution in [3.63, 3.8) is 0 Å². The average Bonchev–Trinajstić information content (AvgIpc) is 3.39. The lowest BCUT2D eigenvalue weighted by atomic mass is 9.76. The molecule has 4 rings (SSSR count). The molecule has 1 fully saturated rings. The molecular formula is C25H31BrN2O5S2. The van der Waals surface area contributed by atoms with Gasteiger partial charge in [-0.2, -0.15) is 4.31 Å². The van der Waals surface area contributed by atoms with Crippen molar-refractivity contribution in [2.45, 2.75) is 74.6 Å². The Hall–Kier alpha value is -1.62. The summed E-state index contributed by atoms with van der Waals surface area (Å²) in [7, 11) is -3.68. The van der Waals surface area contributed by atoms with E-state index in [0.717, 1.165) is 24.2 Å². The van der Waals surface area contributed by atoms with E-state index in [9.17, 15) is 18.0 Å². The van der Waals surface area contributed by atoms with Crippen molar-refractivity contribution in [1.29, 1.82) is 0 Å². The van der Waals surface area contributed by atoms with Crippen LogP contribution in [-0.4, -0.2) is 48.7 Å². The predicted octanol–water partition coefficient (Wildman–Crippen LogP) is 5.21. The minimum Gasteiger partial charge on any atom is -0.465 e. The molecule has 0 N–H and O–H groups in total. The Kier molecular flexibility index (Phi) is 7.58. The van der Waals surface area contributed by atoms with E-state index in [1.807, 2.05) is 31.4 Å². The van der Waals surface area contributed by atoms with Gasteiger partial charge in [0.05, 0.1) is 17.1 Å². The topological polar surface area (TPSA) is 85.7 Å². The SMILES string of the molecule is CCOC(=O)Cn1c(C)c(Sc2ccc(Br)cc2S(=O)(=O)N2CCCC2)c2c1CC(C)(C)CC2=O. The van der Waals surface area contributed by atoms with Gasteiger partial charge >= 0.3 is 5.97 Å². The van der Waals surface area contributed by atoms with Gasteiger partial charge in [0.1, 0.15) is 6.54 Å². The van der Waals surface area contributed by atoms with Crippen LogP contribution < -0.4 is 0 Å². The molecule has 1 aliphatic carbocycles. The van der Waals surface area contributed by atoms with Gasteiger partial charge in [-0.25, -0.2) is 8.42 Å². The first-order valence-corrected chi connectivity index (χ1v) is 14.9. The molecule has 1 aromatic carbocycles. The summed E-state index contributed by atoms with van der Waals surface area (Å²) in [6.45, 7) is 9.07. The summed E-state index contributed by atoms with van der Waals surface area (Å²) in [5.74, 6) is -0.341. The highest BCUT2D eigenvalue weighted by Gasteiger charge is 2.38. The van der Waals surface area contributed by atoms with Crippen LogP contribution in [0.2, 0.25) is 0 Å². The normalized spacial score (nSPS) is 18.0. The highest BCUT2D eigenvalue weighted by atomic mass is 79.9. The molecule has 2 heterocycles. The molecule has 190 valence electrons. The Morgan fingerprint density at radius 2 is 1.89 bits per heavy atom. The first-order valence-electron chi connectivity index (χ1n) is 11.8. The number of carbonyl (C=O) groups is 2. The third kappa shape index (κ3) is 5.26. The van der Waals surface area contributed by atoms with Crippen LogP contribution >= 0.6 is 27.7 Å². The quantitative estimate of drug-likeness (QED) is 0.416. The van der Waals surface area contributed by atoms with Crippen LogP contribution in [-0.2, 0) is 32.5 Å². The fourth-order valence-electron chi connectivity index (χ4n) is 4.90. The van der Waals surface area contributed by atoms with E-state index >= 15 is 0 Å². The lowest BCUT2D eigenvalue weighted by Gasteiger charge is -2.30. The van der Waals surface area contributed by atoms with Crippen molar-refractivity contribution in [3.05, 3.63) is 39.6 Å². The molecule has 7 nitrogen and oxygen atoms in total. The monoisotopic (exact) mass is 582 g/mol. The molecule has 2 aromatic rings. The van der Waals surface area contributed by atoms with Crippen molar-refractivity contribution in [1.82, 2.24) is 8.87 Å². The Morgan fingerprint density at radius 1 is 1.20 bits per heavy atom. The maximum atomic E-state index is 13.5. The van der Waals surface area contributed by atoms with Crippen LogP contribution in [0.3, 0.4) is 0 Å². The molecule has 1 aliphatic heterocycles. The number of sulfonamides is 1. The summed E-state index contributed by atoms with van der Waals surface area (Å²) < 4.78 is 36.3. The number of halogens is 1. The third-order valence-electron chi connectivity index (χ3n) is 6.53. The molecule has 0 radical (unpaired) electrons. The van der Waals surface area contributed by atoms with Gasteiger partial charge in [-0.15, -0.1) is 0 Å². The van der Waals surface area contributed by atoms with Crippen molar-refractivity contribution >= 4 is 49.5 Å². The lowest BCUT2D eigenvalue weighted by Crippen LogP contribution is -2.29. The summed E-state index contributed by atoms with van der Waals surface area (Å²) in [5, 5.41) is 0. The van der Waals surface area contributed by atoms with Crippen molar-refractivity contribution in [2.75, 3.05) is 19.7 Å². The summed E-state index contributed by atoms with van der Waals surface area (Å²) >= 11 is 4.72. The Bertz CT molecular complexity index is 1280. The first kappa shape index (κ1) is 26.4. The molecule has 0 spiro atoms. The molecule has 1 saturated heterocycles. The first-order chi connectivity index (χ1) is 16.4. The molecule has 2 aliphatic rings. The minimum atomic E-state index is -3.68. The van der Waals surface area contributed by atoms with Gasteiger partial charge in [-0.3, -0.25) is 9.59 Å². The largest absolute Gasteiger partial charge is 0.465 e. The van der Waals surface area contributed by atoms with Crippen molar-refractivity contribution in [3.8, 4) is 0 Å². The summed E-state index contributed by atoms with van der Waals surface area (Å²) in [5.41, 5.74) is 1.96. The molecule has 1 aromatic heterocycles. The van der Waals surface area contributed by atoms with Crippen LogP contribution in [0.5, 0.6) is 0 Å². The number of Topliss-reactive ketones (excluding diaryl/α,β-unsaturated/α-hetero) is 1. The van der Waals surface area contributed by atoms with Gasteiger partial charge < -0.3 is 9.30 Å². The van der Waals surface area contributed by atoms with Gasteiger partial charge in [0.2, 0.25) is 10.0 Å². The Morgan fingerprint density at radius 3 is 2.54 bits per heavy atom. The standard InChI is InChI=1S/C25H31BrN2O5S2/c1-5-33-22(30)15-28-16(2)24(23-18(28)13-25(3,4)14-19(23)29)34-20-9-8-17(26)12-21(20)35(31,32)27-10-6-7-11-27/h8-9,12H,5-7,10-11,13-15H2,1-4H3. The number of aromatic nitrogens is 1. The number of hydrogen-bond donors (Lipinski definition) is 0. The Labute approximate surface area is 219 Å². The molecule has 10 heteroatoms. The minimum absolute atomic E-state index is 0.0190. The second-order valence-electron chi connectivity index (χ2n) is 9.87. The van der Waals surface area contributed by atoms with E-state index in [0.29, 0.717) is 45.8 Å². The number of ketones is 1. The smallest absolute Gasteiger partial charge is 0.325 e. The predicted molar refractivity (Wildman–Crippen MR) is 138 cm³/mol. The number of benzene rings is 1. The maximum Gasteiger partial charge on any atom is 0.325 e. The molecule has 0 bridgehead atoms. The second-order valence-corrected chi connectivity index (χ2v) is 13.7. The zero-order chi connectivity index (χ0) is 25.5. The fraction of sp³-hybridized carbons (Fsp3) is 0.520. The van der Waals surface area contributed by atoms with Gasteiger partial charge in [0.25, 0.3) is 0 Å². The number of nitrogens with zero attached hydrogens (tertiary/aromatic N) is 2. The maximum absolute atomic E-state index is 13.5. The van der Waals surface area contributed by atoms with Crippen LogP contribution in [0, 0.1) is 12.3 Å². The van der Waals surface area contributed by atoms with E-state index in [1.165, 1.54) is 16.1 Å². The number of hydrogen-bond acceptors (Lipinski definition) is 6. The van der Waals surface area contributed by atoms with Crippen molar-refractivity contribution in [2.24, 2.45) is 5.41 Å². The number of esters is 1. The van der Waals surface area contributed by atoms with E-state index in [1.54, 1.807) is 19.1 Å². The van der Waals surface area contributed by atoms with E-state index in [4.69, 9.17) is 4.74 Å². The number of rotatable bonds is 7. The number of ether oxygens (including phenoxy) is 1. The molecule has 0 unspecified atom stereocenters. The summed E-state index contributed by atoms with van der Waals surface area (Å²) in [4.78, 5) is 27.3. The van der Waals surface area contributed by atoms with Crippen molar-refractivity contribution < 1.29 is 22.7 Å². The highest BCUT2D eigenvalue weighted by molar-refractivity contribution is 9.10. The van der Waals surface area contributed by atoms with E-state index in [-0.39, 0.29) is 35.2 Å². The zero-order valence-corrected chi connectivity index (χ0v) is 23.7. The van der Waals surface area contributed by atoms with Gasteiger partial charge in [-0.1, -0.05) is 41.5 Å². The van der Waals surface area contributed by atoms with Gasteiger partial charge in [0, 0.05) is 45.2 Å². The van der Waals surface area contributed by atoms with Crippen LogP contribution in [0.15, 0.2) is 37.4 Å². The Balaban J connectivity index is 1.83. The lowest BCUT2D eigenvalue weighted by molar-refractivity contribution is -0.143. The number of fused-ring (bicyclic) bond motifs is 1. The molecule has 0 amide bonds. The van der Waals surface area contributed by atoms with E-state index in [2.05, 4.69) is 15.9 Å². The van der Waals surface area contributed by atoms with E-state index < -0.39 is 10.0 Å². The van der Waals surface area contributed by atoms with Crippen LogP contribution in [0.1, 0.15) is 61.8 Å². The summed E-state index contributed by atoms with van der Waals surface area (Å²) in [6, 6.07) is 5.23. The second kappa shape index (κ2) is 10.0. The molecular weight excluding hydrogens is 552 g/mol. The molecule has 35 heavy (non-hydrogen) atoms. The number of carbonyl (C=O) groups excluding carboxylic acids is 2. The van der Waals surface area contributed by atoms with Gasteiger partial charge in [-0.05, 0) is 56.7 Å². The third-order valence-corrected chi connectivity index (χ3v) is 10.4. The van der Waals surface area contributed by atoms with Crippen LogP contribution in [0.4, 0.5) is 0 Å². The summed E-state index contributed by atoms with van der Waals surface area (Å²) in [6.07, 6.45) is 2.75. The zero-order valence-electron chi connectivity index (χ0n) is 20.5. The van der Waals surface area contributed by atoms with Gasteiger partial charge in [0.15, 0.2) is 5.78 Å². The highest BCUT2D eigenvalue weighted by Crippen LogP contribution is 2.46. The molecule has 0 saturated carbocycles. The average molecular weight is 584 g/mol. The molecule has 0 atom stereocenters. The fourth-order valence-corrected chi connectivity index (χ4v) is 8.58. The van der Waals surface area contributed by atoms with Crippen LogP contribution in [0.25, 0.3) is 0 Å².